The molecule has 4 heteroatoms. The van der Waals surface area contributed by atoms with Gasteiger partial charge in [0.25, 0.3) is 0 Å². The van der Waals surface area contributed by atoms with Gasteiger partial charge in [-0.1, -0.05) is 0 Å². The van der Waals surface area contributed by atoms with Gasteiger partial charge >= 0.3 is 0 Å². The summed E-state index contributed by atoms with van der Waals surface area (Å²) in [7, 11) is 0. The van der Waals surface area contributed by atoms with E-state index in [-0.39, 0.29) is 12.6 Å². The number of aliphatic hydroxyl groups is 1. The maximum atomic E-state index is 9.23. The van der Waals surface area contributed by atoms with E-state index in [0.29, 0.717) is 5.92 Å². The van der Waals surface area contributed by atoms with E-state index in [1.165, 1.54) is 0 Å². The largest absolute Gasteiger partial charge is 0.396 e. The predicted octanol–water partition coefficient (Wildman–Crippen LogP) is 1.31. The molecule has 1 unspecified atom stereocenters. The molecule has 1 fully saturated rings. The van der Waals surface area contributed by atoms with E-state index in [9.17, 15) is 5.11 Å². The minimum absolute atomic E-state index is 0.0372. The van der Waals surface area contributed by atoms with Gasteiger partial charge in [-0.25, -0.2) is 4.98 Å². The lowest BCUT2D eigenvalue weighted by Crippen LogP contribution is -2.37. The summed E-state index contributed by atoms with van der Waals surface area (Å²) < 4.78 is 0. The molecule has 17 heavy (non-hydrogen) atoms. The summed E-state index contributed by atoms with van der Waals surface area (Å²) in [6.07, 6.45) is 4.05. The van der Waals surface area contributed by atoms with Crippen LogP contribution < -0.4 is 10.6 Å². The third-order valence-electron chi connectivity index (χ3n) is 3.40. The highest BCUT2D eigenvalue weighted by Gasteiger charge is 2.20. The van der Waals surface area contributed by atoms with Gasteiger partial charge in [-0.3, -0.25) is 0 Å². The number of aromatic nitrogens is 1. The lowest BCUT2D eigenvalue weighted by molar-refractivity contribution is 0.208. The highest BCUT2D eigenvalue weighted by atomic mass is 16.3. The normalized spacial score (nSPS) is 22.5. The molecule has 0 spiro atoms. The number of pyridine rings is 1. The predicted molar refractivity (Wildman–Crippen MR) is 68.9 cm³/mol. The third kappa shape index (κ3) is 2.96. The fourth-order valence-corrected chi connectivity index (χ4v) is 2.31. The molecule has 0 saturated carbocycles. The number of rotatable bonds is 3. The van der Waals surface area contributed by atoms with E-state index in [1.54, 1.807) is 0 Å². The van der Waals surface area contributed by atoms with Crippen LogP contribution in [0.2, 0.25) is 0 Å². The van der Waals surface area contributed by atoms with Gasteiger partial charge < -0.3 is 15.7 Å². The fourth-order valence-electron chi connectivity index (χ4n) is 2.31. The van der Waals surface area contributed by atoms with Crippen LogP contribution >= 0.6 is 0 Å². The van der Waals surface area contributed by atoms with Crippen molar-refractivity contribution in [2.45, 2.75) is 25.8 Å². The molecule has 1 aromatic rings. The first-order chi connectivity index (χ1) is 8.20. The highest BCUT2D eigenvalue weighted by Crippen LogP contribution is 2.23. The van der Waals surface area contributed by atoms with Crippen molar-refractivity contribution in [3.63, 3.8) is 0 Å². The summed E-state index contributed by atoms with van der Waals surface area (Å²) in [5.74, 6) is 1.36. The number of anilines is 1. The van der Waals surface area contributed by atoms with Crippen LogP contribution in [0, 0.1) is 5.92 Å². The maximum absolute atomic E-state index is 9.23. The Bertz CT molecular complexity index is 367. The van der Waals surface area contributed by atoms with Gasteiger partial charge in [0.05, 0.1) is 0 Å². The molecule has 1 saturated heterocycles. The minimum atomic E-state index is 0.0372. The van der Waals surface area contributed by atoms with Crippen molar-refractivity contribution in [3.8, 4) is 0 Å². The Morgan fingerprint density at radius 3 is 3.18 bits per heavy atom. The zero-order valence-corrected chi connectivity index (χ0v) is 10.3. The first-order valence-corrected chi connectivity index (χ1v) is 6.28. The van der Waals surface area contributed by atoms with Crippen LogP contribution in [0.15, 0.2) is 18.3 Å². The standard InChI is InChI=1S/C13H21N3O/c1-10(14)12-4-5-15-13(7-12)16-6-2-3-11(8-16)9-17/h4-5,7,10-11,17H,2-3,6,8-9,14H2,1H3/t10-,11?/m0/s1. The molecule has 2 atom stereocenters. The van der Waals surface area contributed by atoms with Gasteiger partial charge in [-0.2, -0.15) is 0 Å². The van der Waals surface area contributed by atoms with Gasteiger partial charge in [-0.15, -0.1) is 0 Å². The van der Waals surface area contributed by atoms with E-state index in [1.807, 2.05) is 19.2 Å². The average Bonchev–Trinajstić information content (AvgIpc) is 2.39. The molecule has 1 aliphatic rings. The number of hydrogen-bond acceptors (Lipinski definition) is 4. The number of piperidine rings is 1. The lowest BCUT2D eigenvalue weighted by Gasteiger charge is -2.33. The highest BCUT2D eigenvalue weighted by molar-refractivity contribution is 5.42. The van der Waals surface area contributed by atoms with Crippen molar-refractivity contribution in [2.75, 3.05) is 24.6 Å². The Morgan fingerprint density at radius 1 is 1.65 bits per heavy atom. The Balaban J connectivity index is 2.13. The molecule has 0 aromatic carbocycles. The first kappa shape index (κ1) is 12.3. The number of nitrogens with two attached hydrogens (primary N) is 1. The zero-order chi connectivity index (χ0) is 12.3. The topological polar surface area (TPSA) is 62.4 Å². The Morgan fingerprint density at radius 2 is 2.47 bits per heavy atom. The van der Waals surface area contributed by atoms with E-state index in [0.717, 1.165) is 37.3 Å². The van der Waals surface area contributed by atoms with Crippen LogP contribution in [0.25, 0.3) is 0 Å². The number of hydrogen-bond donors (Lipinski definition) is 2. The van der Waals surface area contributed by atoms with E-state index in [4.69, 9.17) is 5.73 Å². The van der Waals surface area contributed by atoms with Gasteiger partial charge in [0.1, 0.15) is 5.82 Å². The molecule has 0 radical (unpaired) electrons. The molecule has 2 rings (SSSR count). The summed E-state index contributed by atoms with van der Waals surface area (Å²) in [5, 5.41) is 9.23. The molecule has 4 nitrogen and oxygen atoms in total. The second-order valence-electron chi connectivity index (χ2n) is 4.87. The van der Waals surface area contributed by atoms with Gasteiger partial charge in [0.2, 0.25) is 0 Å². The first-order valence-electron chi connectivity index (χ1n) is 6.28. The number of nitrogens with zero attached hydrogens (tertiary/aromatic N) is 2. The van der Waals surface area contributed by atoms with Crippen molar-refractivity contribution >= 4 is 5.82 Å². The quantitative estimate of drug-likeness (QED) is 0.829. The second kappa shape index (κ2) is 5.47. The summed E-state index contributed by atoms with van der Waals surface area (Å²) in [6.45, 7) is 4.16. The Hall–Kier alpha value is -1.13. The monoisotopic (exact) mass is 235 g/mol. The number of aliphatic hydroxyl groups excluding tert-OH is 1. The molecule has 2 heterocycles. The Labute approximate surface area is 102 Å². The molecule has 3 N–H and O–H groups in total. The molecular weight excluding hydrogens is 214 g/mol. The van der Waals surface area contributed by atoms with Crippen molar-refractivity contribution in [1.29, 1.82) is 0 Å². The van der Waals surface area contributed by atoms with E-state index >= 15 is 0 Å². The van der Waals surface area contributed by atoms with Crippen molar-refractivity contribution < 1.29 is 5.11 Å². The molecule has 94 valence electrons. The summed E-state index contributed by atoms with van der Waals surface area (Å²) in [6, 6.07) is 4.06. The molecule has 0 bridgehead atoms. The smallest absolute Gasteiger partial charge is 0.128 e. The van der Waals surface area contributed by atoms with E-state index < -0.39 is 0 Å². The van der Waals surface area contributed by atoms with Gasteiger partial charge in [-0.05, 0) is 43.4 Å². The molecule has 1 aromatic heterocycles. The molecule has 0 aliphatic carbocycles. The molecule has 1 aliphatic heterocycles. The van der Waals surface area contributed by atoms with Crippen LogP contribution in [-0.2, 0) is 0 Å². The summed E-state index contributed by atoms with van der Waals surface area (Å²) in [4.78, 5) is 6.65. The van der Waals surface area contributed by atoms with Crippen molar-refractivity contribution in [1.82, 2.24) is 4.98 Å². The minimum Gasteiger partial charge on any atom is -0.396 e. The van der Waals surface area contributed by atoms with Crippen molar-refractivity contribution in [3.05, 3.63) is 23.9 Å². The van der Waals surface area contributed by atoms with Crippen LogP contribution in [0.5, 0.6) is 0 Å². The molecular formula is C13H21N3O. The SMILES string of the molecule is C[C@H](N)c1ccnc(N2CCCC(CO)C2)c1. The average molecular weight is 235 g/mol. The third-order valence-corrected chi connectivity index (χ3v) is 3.40. The zero-order valence-electron chi connectivity index (χ0n) is 10.3. The summed E-state index contributed by atoms with van der Waals surface area (Å²) >= 11 is 0. The fraction of sp³-hybridized carbons (Fsp3) is 0.615. The second-order valence-corrected chi connectivity index (χ2v) is 4.87. The van der Waals surface area contributed by atoms with Crippen LogP contribution in [0.3, 0.4) is 0 Å². The van der Waals surface area contributed by atoms with Crippen molar-refractivity contribution in [2.24, 2.45) is 11.7 Å². The Kier molecular flexibility index (Phi) is 3.97. The molecule has 0 amide bonds. The van der Waals surface area contributed by atoms with Crippen LogP contribution in [0.4, 0.5) is 5.82 Å². The van der Waals surface area contributed by atoms with Crippen LogP contribution in [0.1, 0.15) is 31.4 Å². The maximum Gasteiger partial charge on any atom is 0.128 e. The summed E-state index contributed by atoms with van der Waals surface area (Å²) in [5.41, 5.74) is 6.99. The van der Waals surface area contributed by atoms with Gasteiger partial charge in [0, 0.05) is 31.9 Å². The van der Waals surface area contributed by atoms with Crippen LogP contribution in [-0.4, -0.2) is 29.8 Å². The lowest BCUT2D eigenvalue weighted by atomic mass is 9.99. The van der Waals surface area contributed by atoms with E-state index in [2.05, 4.69) is 16.0 Å². The van der Waals surface area contributed by atoms with Gasteiger partial charge in [0.15, 0.2) is 0 Å².